The average molecular weight is 290 g/mol. The summed E-state index contributed by atoms with van der Waals surface area (Å²) in [4.78, 5) is 11.1. The van der Waals surface area contributed by atoms with Gasteiger partial charge in [0, 0.05) is 5.69 Å². The molecule has 0 spiro atoms. The summed E-state index contributed by atoms with van der Waals surface area (Å²) in [7, 11) is 1.63. The predicted octanol–water partition coefficient (Wildman–Crippen LogP) is 1.33. The number of carboxylic acids is 1. The highest BCUT2D eigenvalue weighted by molar-refractivity contribution is 9.10. The van der Waals surface area contributed by atoms with Crippen LogP contribution in [0.2, 0.25) is 0 Å². The number of aliphatic carboxylic acids is 1. The summed E-state index contributed by atoms with van der Waals surface area (Å²) >= 11 is 3.42. The first kappa shape index (κ1) is 13.2. The molecule has 1 aromatic heterocycles. The number of aromatic nitrogens is 2. The fourth-order valence-electron chi connectivity index (χ4n) is 1.38. The topological polar surface area (TPSA) is 67.2 Å². The van der Waals surface area contributed by atoms with Crippen LogP contribution in [0.5, 0.6) is 0 Å². The van der Waals surface area contributed by atoms with Crippen LogP contribution in [0.25, 0.3) is 0 Å². The molecule has 5 nitrogen and oxygen atoms in total. The van der Waals surface area contributed by atoms with E-state index < -0.39 is 11.5 Å². The number of hydrogen-bond donors (Lipinski definition) is 2. The van der Waals surface area contributed by atoms with Gasteiger partial charge in [0.2, 0.25) is 0 Å². The molecule has 16 heavy (non-hydrogen) atoms. The molecule has 0 radical (unpaired) electrons. The molecule has 0 saturated heterocycles. The lowest BCUT2D eigenvalue weighted by Crippen LogP contribution is -2.51. The summed E-state index contributed by atoms with van der Waals surface area (Å²) in [5, 5.41) is 16.2. The van der Waals surface area contributed by atoms with Crippen LogP contribution < -0.4 is 5.32 Å². The first-order valence-corrected chi connectivity index (χ1v) is 5.73. The zero-order valence-corrected chi connectivity index (χ0v) is 11.4. The van der Waals surface area contributed by atoms with Crippen LogP contribution in [0.15, 0.2) is 4.47 Å². The standard InChI is InChI=1S/C10H16BrN3O2/c1-6-8(11)7(2)14(13-6)5-10(3,12-4)9(15)16/h12H,5H2,1-4H3,(H,15,16). The van der Waals surface area contributed by atoms with Crippen LogP contribution in [-0.2, 0) is 11.3 Å². The van der Waals surface area contributed by atoms with Crippen molar-refractivity contribution < 1.29 is 9.90 Å². The summed E-state index contributed by atoms with van der Waals surface area (Å²) in [6, 6.07) is 0. The van der Waals surface area contributed by atoms with E-state index in [1.807, 2.05) is 13.8 Å². The third-order valence-electron chi connectivity index (χ3n) is 2.78. The Hall–Kier alpha value is -0.880. The van der Waals surface area contributed by atoms with Crippen molar-refractivity contribution in [3.05, 3.63) is 15.9 Å². The second-order valence-electron chi connectivity index (χ2n) is 4.03. The van der Waals surface area contributed by atoms with E-state index in [9.17, 15) is 4.79 Å². The first-order valence-electron chi connectivity index (χ1n) is 4.93. The van der Waals surface area contributed by atoms with Crippen molar-refractivity contribution in [3.8, 4) is 0 Å². The molecular formula is C10H16BrN3O2. The van der Waals surface area contributed by atoms with Crippen LogP contribution in [0, 0.1) is 13.8 Å². The van der Waals surface area contributed by atoms with Gasteiger partial charge in [-0.2, -0.15) is 5.10 Å². The van der Waals surface area contributed by atoms with Crippen LogP contribution in [-0.4, -0.2) is 33.4 Å². The quantitative estimate of drug-likeness (QED) is 0.877. The minimum Gasteiger partial charge on any atom is -0.480 e. The maximum absolute atomic E-state index is 11.1. The fourth-order valence-corrected chi connectivity index (χ4v) is 1.67. The lowest BCUT2D eigenvalue weighted by atomic mass is 10.0. The maximum atomic E-state index is 11.1. The Morgan fingerprint density at radius 3 is 2.50 bits per heavy atom. The number of halogens is 1. The molecule has 0 fully saturated rings. The van der Waals surface area contributed by atoms with Gasteiger partial charge >= 0.3 is 5.97 Å². The highest BCUT2D eigenvalue weighted by Crippen LogP contribution is 2.21. The number of hydrogen-bond acceptors (Lipinski definition) is 3. The van der Waals surface area contributed by atoms with Crippen molar-refractivity contribution in [2.45, 2.75) is 32.9 Å². The van der Waals surface area contributed by atoms with Crippen LogP contribution >= 0.6 is 15.9 Å². The van der Waals surface area contributed by atoms with Crippen LogP contribution in [0.1, 0.15) is 18.3 Å². The number of rotatable bonds is 4. The van der Waals surface area contributed by atoms with Crippen molar-refractivity contribution in [1.29, 1.82) is 0 Å². The zero-order valence-electron chi connectivity index (χ0n) is 9.83. The first-order chi connectivity index (χ1) is 7.31. The Kier molecular flexibility index (Phi) is 3.75. The van der Waals surface area contributed by atoms with Gasteiger partial charge in [0.05, 0.1) is 16.7 Å². The smallest absolute Gasteiger partial charge is 0.325 e. The Bertz CT molecular complexity index is 416. The van der Waals surface area contributed by atoms with Crippen LogP contribution in [0.4, 0.5) is 0 Å². The lowest BCUT2D eigenvalue weighted by Gasteiger charge is -2.24. The summed E-state index contributed by atoms with van der Waals surface area (Å²) in [5.74, 6) is -0.890. The molecular weight excluding hydrogens is 274 g/mol. The van der Waals surface area contributed by atoms with Gasteiger partial charge in [0.15, 0.2) is 0 Å². The molecule has 1 rings (SSSR count). The Morgan fingerprint density at radius 1 is 1.62 bits per heavy atom. The second-order valence-corrected chi connectivity index (χ2v) is 4.82. The molecule has 0 amide bonds. The van der Waals surface area contributed by atoms with Crippen LogP contribution in [0.3, 0.4) is 0 Å². The molecule has 0 aromatic carbocycles. The molecule has 6 heteroatoms. The third-order valence-corrected chi connectivity index (χ3v) is 3.93. The molecule has 1 unspecified atom stereocenters. The van der Waals surface area contributed by atoms with Crippen molar-refractivity contribution in [2.75, 3.05) is 7.05 Å². The van der Waals surface area contributed by atoms with E-state index in [2.05, 4.69) is 26.3 Å². The van der Waals surface area contributed by atoms with Gasteiger partial charge in [-0.1, -0.05) is 0 Å². The average Bonchev–Trinajstić information content (AvgIpc) is 2.46. The van der Waals surface area contributed by atoms with Gasteiger partial charge in [-0.3, -0.25) is 9.48 Å². The number of nitrogens with one attached hydrogen (secondary N) is 1. The molecule has 0 bridgehead atoms. The van der Waals surface area contributed by atoms with E-state index in [1.165, 1.54) is 0 Å². The number of aryl methyl sites for hydroxylation is 1. The second kappa shape index (κ2) is 4.55. The number of carboxylic acid groups (broad SMARTS) is 1. The van der Waals surface area contributed by atoms with E-state index in [-0.39, 0.29) is 6.54 Å². The summed E-state index contributed by atoms with van der Waals surface area (Å²) < 4.78 is 2.63. The fraction of sp³-hybridized carbons (Fsp3) is 0.600. The molecule has 90 valence electrons. The van der Waals surface area contributed by atoms with Gasteiger partial charge in [-0.05, 0) is 43.7 Å². The van der Waals surface area contributed by atoms with Crippen molar-refractivity contribution in [3.63, 3.8) is 0 Å². The third kappa shape index (κ3) is 2.27. The molecule has 0 aliphatic carbocycles. The van der Waals surface area contributed by atoms with E-state index in [1.54, 1.807) is 18.7 Å². The number of likely N-dealkylation sites (N-methyl/N-ethyl adjacent to an activating group) is 1. The van der Waals surface area contributed by atoms with Crippen molar-refractivity contribution in [2.24, 2.45) is 0 Å². The molecule has 1 aromatic rings. The molecule has 0 saturated carbocycles. The van der Waals surface area contributed by atoms with Gasteiger partial charge in [-0.25, -0.2) is 0 Å². The summed E-state index contributed by atoms with van der Waals surface area (Å²) in [5.41, 5.74) is 0.782. The molecule has 2 N–H and O–H groups in total. The van der Waals surface area contributed by atoms with E-state index >= 15 is 0 Å². The minimum atomic E-state index is -1.01. The Labute approximate surface area is 103 Å². The Morgan fingerprint density at radius 2 is 2.19 bits per heavy atom. The minimum absolute atomic E-state index is 0.289. The maximum Gasteiger partial charge on any atom is 0.325 e. The Balaban J connectivity index is 3.04. The number of carbonyl (C=O) groups is 1. The summed E-state index contributed by atoms with van der Waals surface area (Å²) in [6.07, 6.45) is 0. The largest absolute Gasteiger partial charge is 0.480 e. The molecule has 1 heterocycles. The van der Waals surface area contributed by atoms with Gasteiger partial charge in [0.1, 0.15) is 5.54 Å². The van der Waals surface area contributed by atoms with E-state index in [0.717, 1.165) is 15.9 Å². The van der Waals surface area contributed by atoms with Gasteiger partial charge < -0.3 is 10.4 Å². The monoisotopic (exact) mass is 289 g/mol. The SMILES string of the molecule is CNC(C)(Cn1nc(C)c(Br)c1C)C(=O)O. The van der Waals surface area contributed by atoms with E-state index in [0.29, 0.717) is 0 Å². The highest BCUT2D eigenvalue weighted by Gasteiger charge is 2.32. The summed E-state index contributed by atoms with van der Waals surface area (Å²) in [6.45, 7) is 5.71. The van der Waals surface area contributed by atoms with Gasteiger partial charge in [-0.15, -0.1) is 0 Å². The number of nitrogens with zero attached hydrogens (tertiary/aromatic N) is 2. The highest BCUT2D eigenvalue weighted by atomic mass is 79.9. The van der Waals surface area contributed by atoms with Crippen molar-refractivity contribution in [1.82, 2.24) is 15.1 Å². The molecule has 0 aliphatic heterocycles. The van der Waals surface area contributed by atoms with E-state index in [4.69, 9.17) is 5.11 Å². The normalized spacial score (nSPS) is 14.8. The lowest BCUT2D eigenvalue weighted by molar-refractivity contribution is -0.144. The predicted molar refractivity (Wildman–Crippen MR) is 64.5 cm³/mol. The molecule has 0 aliphatic rings. The van der Waals surface area contributed by atoms with Gasteiger partial charge in [0.25, 0.3) is 0 Å². The molecule has 1 atom stereocenters. The van der Waals surface area contributed by atoms with Crippen molar-refractivity contribution >= 4 is 21.9 Å². The zero-order chi connectivity index (χ0) is 12.5.